The summed E-state index contributed by atoms with van der Waals surface area (Å²) in [5.41, 5.74) is -1.65. The Morgan fingerprint density at radius 3 is 2.13 bits per heavy atom. The van der Waals surface area contributed by atoms with Crippen LogP contribution in [0.3, 0.4) is 0 Å². The van der Waals surface area contributed by atoms with E-state index in [-0.39, 0.29) is 29.4 Å². The van der Waals surface area contributed by atoms with Crippen LogP contribution in [-0.2, 0) is 12.7 Å². The first-order chi connectivity index (χ1) is 14.6. The Kier molecular flexibility index (Phi) is 7.42. The van der Waals surface area contributed by atoms with Crippen LogP contribution in [0.2, 0.25) is 0 Å². The number of aryl methyl sites for hydroxylation is 1. The van der Waals surface area contributed by atoms with Gasteiger partial charge >= 0.3 is 6.18 Å². The minimum atomic E-state index is -4.61. The summed E-state index contributed by atoms with van der Waals surface area (Å²) in [7, 11) is 0. The summed E-state index contributed by atoms with van der Waals surface area (Å²) in [4.78, 5) is 7.99. The lowest BCUT2D eigenvalue weighted by atomic mass is 10.1. The van der Waals surface area contributed by atoms with Gasteiger partial charge in [-0.1, -0.05) is 20.4 Å². The number of rotatable bonds is 5. The first-order valence-corrected chi connectivity index (χ1v) is 9.18. The topological polar surface area (TPSA) is 55.6 Å². The SMILES string of the molecule is C=C(Nc1cnc(-c2cc(C(F)(F)F)nn2CC)cn1)c1c(F)cc(F)cc1F.CC. The molecule has 0 aliphatic carbocycles. The van der Waals surface area contributed by atoms with E-state index in [0.717, 1.165) is 16.9 Å². The number of aromatic nitrogens is 4. The number of hydrogen-bond acceptors (Lipinski definition) is 4. The van der Waals surface area contributed by atoms with E-state index in [0.29, 0.717) is 12.1 Å². The Balaban J connectivity index is 0.00000166. The largest absolute Gasteiger partial charge is 0.435 e. The molecular formula is C20H19F6N5. The molecule has 0 aliphatic rings. The molecule has 2 aromatic heterocycles. The third-order valence-electron chi connectivity index (χ3n) is 3.87. The first-order valence-electron chi connectivity index (χ1n) is 9.18. The predicted octanol–water partition coefficient (Wildman–Crippen LogP) is 5.91. The number of anilines is 1. The summed E-state index contributed by atoms with van der Waals surface area (Å²) in [6.45, 7) is 9.28. The summed E-state index contributed by atoms with van der Waals surface area (Å²) in [6.07, 6.45) is -2.28. The smallest absolute Gasteiger partial charge is 0.339 e. The summed E-state index contributed by atoms with van der Waals surface area (Å²) in [5, 5.41) is 6.02. The second kappa shape index (κ2) is 9.63. The summed E-state index contributed by atoms with van der Waals surface area (Å²) >= 11 is 0. The maximum Gasteiger partial charge on any atom is 0.435 e. The molecule has 0 atom stereocenters. The summed E-state index contributed by atoms with van der Waals surface area (Å²) in [6, 6.07) is 1.86. The average molecular weight is 443 g/mol. The quantitative estimate of drug-likeness (QED) is 0.499. The monoisotopic (exact) mass is 443 g/mol. The molecule has 0 amide bonds. The van der Waals surface area contributed by atoms with E-state index in [1.54, 1.807) is 6.92 Å². The van der Waals surface area contributed by atoms with Crippen molar-refractivity contribution in [1.82, 2.24) is 19.7 Å². The Hall–Kier alpha value is -3.37. The van der Waals surface area contributed by atoms with Gasteiger partial charge in [0.15, 0.2) is 5.69 Å². The molecule has 1 N–H and O–H groups in total. The Morgan fingerprint density at radius 2 is 1.65 bits per heavy atom. The lowest BCUT2D eigenvalue weighted by Crippen LogP contribution is -2.07. The minimum Gasteiger partial charge on any atom is -0.339 e. The predicted molar refractivity (Wildman–Crippen MR) is 104 cm³/mol. The van der Waals surface area contributed by atoms with Crippen molar-refractivity contribution in [2.24, 2.45) is 0 Å². The Morgan fingerprint density at radius 1 is 1.03 bits per heavy atom. The highest BCUT2D eigenvalue weighted by Crippen LogP contribution is 2.31. The molecule has 0 unspecified atom stereocenters. The van der Waals surface area contributed by atoms with Crippen molar-refractivity contribution < 1.29 is 26.3 Å². The molecule has 1 aromatic carbocycles. The van der Waals surface area contributed by atoms with E-state index in [2.05, 4.69) is 27.0 Å². The molecule has 0 radical (unpaired) electrons. The molecule has 31 heavy (non-hydrogen) atoms. The van der Waals surface area contributed by atoms with Crippen LogP contribution in [0.15, 0.2) is 37.2 Å². The van der Waals surface area contributed by atoms with E-state index in [1.165, 1.54) is 6.20 Å². The first kappa shape index (κ1) is 23.9. The van der Waals surface area contributed by atoms with Crippen LogP contribution in [0.25, 0.3) is 17.1 Å². The zero-order chi connectivity index (χ0) is 23.3. The fourth-order valence-corrected chi connectivity index (χ4v) is 2.57. The highest BCUT2D eigenvalue weighted by atomic mass is 19.4. The number of nitrogens with one attached hydrogen (secondary N) is 1. The molecular weight excluding hydrogens is 424 g/mol. The van der Waals surface area contributed by atoms with E-state index < -0.39 is 34.9 Å². The standard InChI is InChI=1S/C18H13F6N5.C2H6/c1-3-29-14(6-15(28-29)18(22,23)24)13-7-26-16(8-25-13)27-9(2)17-11(20)4-10(19)5-12(17)21;1-2/h4-8H,2-3H2,1H3,(H,26,27);1-2H3. The number of nitrogens with zero attached hydrogens (tertiary/aromatic N) is 4. The molecule has 0 fully saturated rings. The van der Waals surface area contributed by atoms with Gasteiger partial charge in [0, 0.05) is 24.4 Å². The van der Waals surface area contributed by atoms with E-state index in [1.807, 2.05) is 13.8 Å². The molecule has 3 rings (SSSR count). The normalized spacial score (nSPS) is 11.0. The van der Waals surface area contributed by atoms with Gasteiger partial charge in [-0.2, -0.15) is 18.3 Å². The van der Waals surface area contributed by atoms with Crippen LogP contribution in [0, 0.1) is 17.5 Å². The highest BCUT2D eigenvalue weighted by Gasteiger charge is 2.35. The molecule has 0 aliphatic heterocycles. The van der Waals surface area contributed by atoms with Gasteiger partial charge < -0.3 is 5.32 Å². The van der Waals surface area contributed by atoms with Crippen LogP contribution < -0.4 is 5.32 Å². The van der Waals surface area contributed by atoms with Gasteiger partial charge in [0.1, 0.15) is 29.0 Å². The molecule has 3 aromatic rings. The number of hydrogen-bond donors (Lipinski definition) is 1. The van der Waals surface area contributed by atoms with Crippen molar-refractivity contribution in [3.8, 4) is 11.4 Å². The molecule has 166 valence electrons. The lowest BCUT2D eigenvalue weighted by molar-refractivity contribution is -0.141. The van der Waals surface area contributed by atoms with Crippen LogP contribution in [0.4, 0.5) is 32.2 Å². The van der Waals surface area contributed by atoms with Crippen molar-refractivity contribution in [1.29, 1.82) is 0 Å². The molecule has 11 heteroatoms. The Bertz CT molecular complexity index is 1030. The van der Waals surface area contributed by atoms with Crippen LogP contribution in [0.5, 0.6) is 0 Å². The zero-order valence-corrected chi connectivity index (χ0v) is 16.9. The van der Waals surface area contributed by atoms with E-state index in [4.69, 9.17) is 0 Å². The van der Waals surface area contributed by atoms with Crippen molar-refractivity contribution in [3.63, 3.8) is 0 Å². The molecule has 0 saturated heterocycles. The fraction of sp³-hybridized carbons (Fsp3) is 0.250. The number of halogens is 6. The highest BCUT2D eigenvalue weighted by molar-refractivity contribution is 5.74. The molecule has 0 bridgehead atoms. The molecule has 0 spiro atoms. The summed E-state index contributed by atoms with van der Waals surface area (Å²) < 4.78 is 80.4. The number of alkyl halides is 3. The van der Waals surface area contributed by atoms with Crippen LogP contribution in [-0.4, -0.2) is 19.7 Å². The van der Waals surface area contributed by atoms with Crippen molar-refractivity contribution in [3.05, 3.63) is 65.9 Å². The van der Waals surface area contributed by atoms with Crippen LogP contribution >= 0.6 is 0 Å². The minimum absolute atomic E-state index is 0.0282. The zero-order valence-electron chi connectivity index (χ0n) is 16.9. The lowest BCUT2D eigenvalue weighted by Gasteiger charge is -2.11. The van der Waals surface area contributed by atoms with Crippen molar-refractivity contribution in [2.45, 2.75) is 33.5 Å². The average Bonchev–Trinajstić information content (AvgIpc) is 3.14. The maximum atomic E-state index is 13.8. The molecule has 0 saturated carbocycles. The van der Waals surface area contributed by atoms with Gasteiger partial charge in [-0.05, 0) is 13.0 Å². The van der Waals surface area contributed by atoms with Gasteiger partial charge in [0.25, 0.3) is 0 Å². The van der Waals surface area contributed by atoms with Gasteiger partial charge in [0.05, 0.1) is 23.7 Å². The van der Waals surface area contributed by atoms with Gasteiger partial charge in [-0.3, -0.25) is 4.68 Å². The van der Waals surface area contributed by atoms with Gasteiger partial charge in [-0.25, -0.2) is 23.1 Å². The molecule has 2 heterocycles. The molecule has 5 nitrogen and oxygen atoms in total. The third kappa shape index (κ3) is 5.41. The summed E-state index contributed by atoms with van der Waals surface area (Å²) in [5.74, 6) is -3.36. The second-order valence-electron chi connectivity index (χ2n) is 5.86. The van der Waals surface area contributed by atoms with Crippen molar-refractivity contribution >= 4 is 11.5 Å². The van der Waals surface area contributed by atoms with Gasteiger partial charge in [0.2, 0.25) is 0 Å². The van der Waals surface area contributed by atoms with Gasteiger partial charge in [-0.15, -0.1) is 0 Å². The van der Waals surface area contributed by atoms with Crippen molar-refractivity contribution in [2.75, 3.05) is 5.32 Å². The third-order valence-corrected chi connectivity index (χ3v) is 3.87. The number of benzene rings is 1. The van der Waals surface area contributed by atoms with Crippen LogP contribution in [0.1, 0.15) is 32.0 Å². The Labute approximate surface area is 174 Å². The fourth-order valence-electron chi connectivity index (χ4n) is 2.57. The van der Waals surface area contributed by atoms with E-state index >= 15 is 0 Å². The second-order valence-corrected chi connectivity index (χ2v) is 5.86. The maximum absolute atomic E-state index is 13.8. The van der Waals surface area contributed by atoms with E-state index in [9.17, 15) is 26.3 Å².